The molecule has 0 spiro atoms. The van der Waals surface area contributed by atoms with Crippen LogP contribution in [-0.4, -0.2) is 23.5 Å². The summed E-state index contributed by atoms with van der Waals surface area (Å²) in [6, 6.07) is 2.42. The predicted octanol–water partition coefficient (Wildman–Crippen LogP) is 0.912. The first-order valence-electron chi connectivity index (χ1n) is 4.57. The van der Waals surface area contributed by atoms with Crippen molar-refractivity contribution in [2.24, 2.45) is 5.41 Å². The Labute approximate surface area is 81.9 Å². The van der Waals surface area contributed by atoms with Crippen molar-refractivity contribution in [1.82, 2.24) is 5.32 Å². The van der Waals surface area contributed by atoms with Crippen LogP contribution in [0.15, 0.2) is 0 Å². The minimum atomic E-state index is -0.646. The normalized spacial score (nSPS) is 29.3. The molecule has 13 heavy (non-hydrogen) atoms. The highest BCUT2D eigenvalue weighted by Crippen LogP contribution is 2.45. The topological polar surface area (TPSA) is 52.9 Å². The molecule has 4 heteroatoms. The van der Waals surface area contributed by atoms with Crippen LogP contribution in [0.3, 0.4) is 0 Å². The molecule has 0 bridgehead atoms. The number of hydrogen-bond donors (Lipinski definition) is 1. The second-order valence-corrected chi connectivity index (χ2v) is 4.88. The first-order valence-corrected chi connectivity index (χ1v) is 5.72. The van der Waals surface area contributed by atoms with Crippen molar-refractivity contribution in [2.45, 2.75) is 25.3 Å². The third-order valence-electron chi connectivity index (χ3n) is 2.66. The van der Waals surface area contributed by atoms with E-state index in [-0.39, 0.29) is 5.91 Å². The van der Waals surface area contributed by atoms with Crippen LogP contribution < -0.4 is 5.32 Å². The molecule has 1 aliphatic carbocycles. The van der Waals surface area contributed by atoms with Gasteiger partial charge in [-0.25, -0.2) is 0 Å². The Hall–Kier alpha value is -0.690. The number of amides is 1. The molecule has 0 aromatic rings. The van der Waals surface area contributed by atoms with Crippen molar-refractivity contribution in [1.29, 1.82) is 5.26 Å². The van der Waals surface area contributed by atoms with E-state index < -0.39 is 5.41 Å². The number of thioether (sulfide) groups is 1. The molecule has 1 saturated carbocycles. The van der Waals surface area contributed by atoms with Crippen LogP contribution >= 0.6 is 11.8 Å². The van der Waals surface area contributed by atoms with Gasteiger partial charge >= 0.3 is 0 Å². The fraction of sp³-hybridized carbons (Fsp3) is 0.778. The summed E-state index contributed by atoms with van der Waals surface area (Å²) in [5.41, 5.74) is -0.646. The van der Waals surface area contributed by atoms with E-state index in [0.717, 1.165) is 30.8 Å². The molecule has 1 N–H and O–H groups in total. The first kappa shape index (κ1) is 8.89. The van der Waals surface area contributed by atoms with Gasteiger partial charge < -0.3 is 5.32 Å². The Bertz CT molecular complexity index is 261. The highest BCUT2D eigenvalue weighted by Gasteiger charge is 2.51. The summed E-state index contributed by atoms with van der Waals surface area (Å²) >= 11 is 1.87. The first-order chi connectivity index (χ1) is 6.27. The molecule has 1 heterocycles. The Balaban J connectivity index is 1.88. The van der Waals surface area contributed by atoms with Crippen LogP contribution in [0.5, 0.6) is 0 Å². The number of carbonyl (C=O) groups is 1. The third-order valence-corrected chi connectivity index (χ3v) is 3.83. The van der Waals surface area contributed by atoms with E-state index >= 15 is 0 Å². The zero-order valence-electron chi connectivity index (χ0n) is 7.38. The van der Waals surface area contributed by atoms with Gasteiger partial charge in [0.25, 0.3) is 0 Å². The van der Waals surface area contributed by atoms with Gasteiger partial charge in [-0.1, -0.05) is 0 Å². The molecule has 1 saturated heterocycles. The second-order valence-electron chi connectivity index (χ2n) is 3.73. The molecule has 3 nitrogen and oxygen atoms in total. The number of carbonyl (C=O) groups excluding carboxylic acids is 1. The highest BCUT2D eigenvalue weighted by atomic mass is 32.2. The van der Waals surface area contributed by atoms with Crippen LogP contribution in [0.1, 0.15) is 19.3 Å². The molecule has 1 amide bonds. The van der Waals surface area contributed by atoms with Gasteiger partial charge in [-0.2, -0.15) is 17.0 Å². The minimum absolute atomic E-state index is 0.0394. The van der Waals surface area contributed by atoms with Gasteiger partial charge in [0.15, 0.2) is 0 Å². The Morgan fingerprint density at radius 2 is 2.38 bits per heavy atom. The van der Waals surface area contributed by atoms with Crippen molar-refractivity contribution in [3.05, 3.63) is 0 Å². The number of rotatable bonds is 2. The van der Waals surface area contributed by atoms with Crippen LogP contribution in [0.25, 0.3) is 0 Å². The Morgan fingerprint density at radius 3 is 2.85 bits per heavy atom. The number of hydrogen-bond acceptors (Lipinski definition) is 3. The van der Waals surface area contributed by atoms with Crippen LogP contribution in [0.2, 0.25) is 0 Å². The van der Waals surface area contributed by atoms with Gasteiger partial charge in [0.05, 0.1) is 6.07 Å². The van der Waals surface area contributed by atoms with Crippen LogP contribution in [0.4, 0.5) is 0 Å². The number of nitriles is 1. The number of nitrogens with zero attached hydrogens (tertiary/aromatic N) is 1. The largest absolute Gasteiger partial charge is 0.351 e. The molecule has 0 aromatic heterocycles. The van der Waals surface area contributed by atoms with Gasteiger partial charge in [-0.05, 0) is 25.0 Å². The zero-order chi connectivity index (χ0) is 9.31. The minimum Gasteiger partial charge on any atom is -0.351 e. The average molecular weight is 196 g/mol. The van der Waals surface area contributed by atoms with Crippen molar-refractivity contribution < 1.29 is 4.79 Å². The quantitative estimate of drug-likeness (QED) is 0.714. The molecule has 2 rings (SSSR count). The molecule has 2 fully saturated rings. The van der Waals surface area contributed by atoms with Crippen molar-refractivity contribution >= 4 is 17.7 Å². The summed E-state index contributed by atoms with van der Waals surface area (Å²) in [5.74, 6) is 2.10. The molecule has 1 aliphatic heterocycles. The fourth-order valence-corrected chi connectivity index (χ4v) is 2.64. The molecule has 0 aromatic carbocycles. The molecular weight excluding hydrogens is 184 g/mol. The zero-order valence-corrected chi connectivity index (χ0v) is 8.19. The lowest BCUT2D eigenvalue weighted by molar-refractivity contribution is -0.125. The predicted molar refractivity (Wildman–Crippen MR) is 51.2 cm³/mol. The van der Waals surface area contributed by atoms with Crippen molar-refractivity contribution in [3.8, 4) is 6.07 Å². The molecule has 0 radical (unpaired) electrons. The molecule has 1 atom stereocenters. The molecule has 70 valence electrons. The standard InChI is InChI=1S/C9H12N2OS/c10-6-9(2-3-9)8(12)11-7-1-4-13-5-7/h7H,1-5H2,(H,11,12). The second kappa shape index (κ2) is 3.22. The van der Waals surface area contributed by atoms with Gasteiger partial charge in [0, 0.05) is 11.8 Å². The van der Waals surface area contributed by atoms with Gasteiger partial charge in [-0.3, -0.25) is 4.79 Å². The summed E-state index contributed by atoms with van der Waals surface area (Å²) in [6.45, 7) is 0. The van der Waals surface area contributed by atoms with Crippen molar-refractivity contribution in [3.63, 3.8) is 0 Å². The average Bonchev–Trinajstić information content (AvgIpc) is 2.79. The molecule has 1 unspecified atom stereocenters. The Morgan fingerprint density at radius 1 is 1.62 bits per heavy atom. The van der Waals surface area contributed by atoms with E-state index in [1.165, 1.54) is 0 Å². The van der Waals surface area contributed by atoms with E-state index in [2.05, 4.69) is 11.4 Å². The van der Waals surface area contributed by atoms with Crippen molar-refractivity contribution in [2.75, 3.05) is 11.5 Å². The SMILES string of the molecule is N#CC1(C(=O)NC2CCSC2)CC1. The lowest BCUT2D eigenvalue weighted by atomic mass is 10.1. The number of nitrogens with one attached hydrogen (secondary N) is 1. The molecular formula is C9H12N2OS. The van der Waals surface area contributed by atoms with E-state index in [0.29, 0.717) is 6.04 Å². The van der Waals surface area contributed by atoms with E-state index in [1.54, 1.807) is 0 Å². The maximum Gasteiger partial charge on any atom is 0.240 e. The fourth-order valence-electron chi connectivity index (χ4n) is 1.49. The van der Waals surface area contributed by atoms with Gasteiger partial charge in [0.1, 0.15) is 5.41 Å². The van der Waals surface area contributed by atoms with E-state index in [4.69, 9.17) is 5.26 Å². The van der Waals surface area contributed by atoms with Crippen LogP contribution in [0, 0.1) is 16.7 Å². The molecule has 2 aliphatic rings. The summed E-state index contributed by atoms with van der Waals surface area (Å²) in [5, 5.41) is 11.7. The third kappa shape index (κ3) is 1.66. The summed E-state index contributed by atoms with van der Waals surface area (Å²) in [7, 11) is 0. The Kier molecular flexibility index (Phi) is 2.20. The maximum atomic E-state index is 11.6. The lowest BCUT2D eigenvalue weighted by Gasteiger charge is -2.13. The monoisotopic (exact) mass is 196 g/mol. The van der Waals surface area contributed by atoms with Gasteiger partial charge in [-0.15, -0.1) is 0 Å². The lowest BCUT2D eigenvalue weighted by Crippen LogP contribution is -2.39. The van der Waals surface area contributed by atoms with E-state index in [9.17, 15) is 4.79 Å². The smallest absolute Gasteiger partial charge is 0.240 e. The van der Waals surface area contributed by atoms with Crippen LogP contribution in [-0.2, 0) is 4.79 Å². The maximum absolute atomic E-state index is 11.6. The summed E-state index contributed by atoms with van der Waals surface area (Å²) in [4.78, 5) is 11.6. The highest BCUT2D eigenvalue weighted by molar-refractivity contribution is 7.99. The summed E-state index contributed by atoms with van der Waals surface area (Å²) < 4.78 is 0. The summed E-state index contributed by atoms with van der Waals surface area (Å²) in [6.07, 6.45) is 2.54. The van der Waals surface area contributed by atoms with Gasteiger partial charge in [0.2, 0.25) is 5.91 Å². The van der Waals surface area contributed by atoms with E-state index in [1.807, 2.05) is 11.8 Å².